The molecular formula is C17H21BrClNO. The van der Waals surface area contributed by atoms with Crippen molar-refractivity contribution >= 4 is 33.4 Å². The van der Waals surface area contributed by atoms with Gasteiger partial charge in [-0.2, -0.15) is 0 Å². The zero-order chi connectivity index (χ0) is 14.8. The number of likely N-dealkylation sites (tertiary alicyclic amines) is 1. The van der Waals surface area contributed by atoms with Gasteiger partial charge in [0, 0.05) is 28.5 Å². The Morgan fingerprint density at radius 2 is 2.14 bits per heavy atom. The van der Waals surface area contributed by atoms with Gasteiger partial charge in [-0.05, 0) is 55.7 Å². The third kappa shape index (κ3) is 3.45. The van der Waals surface area contributed by atoms with E-state index in [1.165, 1.54) is 24.8 Å². The summed E-state index contributed by atoms with van der Waals surface area (Å²) in [4.78, 5) is 14.1. The Hall–Kier alpha value is -0.540. The van der Waals surface area contributed by atoms with Crippen molar-refractivity contribution in [3.05, 3.63) is 33.3 Å². The van der Waals surface area contributed by atoms with Gasteiger partial charge in [0.1, 0.15) is 0 Å². The van der Waals surface area contributed by atoms with Crippen LogP contribution in [0.15, 0.2) is 22.7 Å². The molecule has 4 heteroatoms. The van der Waals surface area contributed by atoms with E-state index < -0.39 is 0 Å². The van der Waals surface area contributed by atoms with Crippen molar-refractivity contribution in [1.29, 1.82) is 0 Å². The maximum atomic E-state index is 11.9. The van der Waals surface area contributed by atoms with E-state index in [1.807, 2.05) is 12.1 Å². The lowest BCUT2D eigenvalue weighted by atomic mass is 9.81. The van der Waals surface area contributed by atoms with Crippen molar-refractivity contribution in [3.8, 4) is 0 Å². The van der Waals surface area contributed by atoms with E-state index in [1.54, 1.807) is 0 Å². The molecule has 21 heavy (non-hydrogen) atoms. The predicted molar refractivity (Wildman–Crippen MR) is 89.5 cm³/mol. The molecule has 1 heterocycles. The molecular weight excluding hydrogens is 350 g/mol. The minimum absolute atomic E-state index is 0.361. The van der Waals surface area contributed by atoms with Gasteiger partial charge in [-0.25, -0.2) is 0 Å². The van der Waals surface area contributed by atoms with Crippen LogP contribution < -0.4 is 0 Å². The van der Waals surface area contributed by atoms with Crippen molar-refractivity contribution in [2.24, 2.45) is 5.92 Å². The molecule has 1 aliphatic heterocycles. The zero-order valence-corrected chi connectivity index (χ0v) is 14.5. The molecule has 1 saturated carbocycles. The van der Waals surface area contributed by atoms with E-state index in [9.17, 15) is 4.79 Å². The molecule has 0 spiro atoms. The summed E-state index contributed by atoms with van der Waals surface area (Å²) in [5, 5.41) is 0.851. The number of nitrogens with zero attached hydrogens (tertiary/aromatic N) is 1. The lowest BCUT2D eigenvalue weighted by Gasteiger charge is -2.35. The van der Waals surface area contributed by atoms with Crippen molar-refractivity contribution in [1.82, 2.24) is 4.90 Å². The summed E-state index contributed by atoms with van der Waals surface area (Å²) in [7, 11) is 0. The van der Waals surface area contributed by atoms with Gasteiger partial charge in [0.05, 0.1) is 0 Å². The minimum atomic E-state index is 0.361. The number of carbonyl (C=O) groups excluding carboxylic acids is 1. The summed E-state index contributed by atoms with van der Waals surface area (Å²) in [6, 6.07) is 6.46. The molecule has 1 aromatic rings. The molecule has 0 N–H and O–H groups in total. The van der Waals surface area contributed by atoms with E-state index in [0.29, 0.717) is 17.9 Å². The van der Waals surface area contributed by atoms with Gasteiger partial charge in [-0.3, -0.25) is 4.79 Å². The van der Waals surface area contributed by atoms with Crippen LogP contribution in [0.2, 0.25) is 5.02 Å². The van der Waals surface area contributed by atoms with Crippen LogP contribution in [0.4, 0.5) is 0 Å². The Kier molecular flexibility index (Phi) is 4.90. The van der Waals surface area contributed by atoms with Crippen LogP contribution in [-0.2, 0) is 11.2 Å². The van der Waals surface area contributed by atoms with E-state index in [2.05, 4.69) is 26.9 Å². The number of rotatable bonds is 3. The lowest BCUT2D eigenvalue weighted by molar-refractivity contribution is -0.130. The number of benzene rings is 1. The van der Waals surface area contributed by atoms with E-state index in [4.69, 9.17) is 11.6 Å². The quantitative estimate of drug-likeness (QED) is 0.746. The van der Waals surface area contributed by atoms with E-state index in [0.717, 1.165) is 41.7 Å². The Bertz CT molecular complexity index is 513. The predicted octanol–water partition coefficient (Wildman–Crippen LogP) is 4.83. The molecule has 114 valence electrons. The molecule has 3 rings (SSSR count). The van der Waals surface area contributed by atoms with Gasteiger partial charge in [0.25, 0.3) is 0 Å². The van der Waals surface area contributed by atoms with E-state index >= 15 is 0 Å². The fraction of sp³-hybridized carbons (Fsp3) is 0.588. The number of amides is 1. The van der Waals surface area contributed by atoms with Gasteiger partial charge >= 0.3 is 0 Å². The van der Waals surface area contributed by atoms with Gasteiger partial charge in [-0.1, -0.05) is 40.0 Å². The Morgan fingerprint density at radius 3 is 2.86 bits per heavy atom. The molecule has 1 aliphatic carbocycles. The van der Waals surface area contributed by atoms with Crippen LogP contribution in [-0.4, -0.2) is 23.4 Å². The first kappa shape index (κ1) is 15.4. The largest absolute Gasteiger partial charge is 0.340 e. The SMILES string of the molecule is O=C1CCCN1C1CCCC(Cc2c(Cl)cccc2Br)C1. The van der Waals surface area contributed by atoms with Crippen molar-refractivity contribution < 1.29 is 4.79 Å². The molecule has 1 amide bonds. The van der Waals surface area contributed by atoms with Gasteiger partial charge in [0.15, 0.2) is 0 Å². The standard InChI is InChI=1S/C17H21BrClNO/c18-15-6-2-7-16(19)14(15)11-12-4-1-5-13(10-12)20-9-3-8-17(20)21/h2,6-7,12-13H,1,3-5,8-11H2. The van der Waals surface area contributed by atoms with Crippen molar-refractivity contribution in [2.75, 3.05) is 6.54 Å². The number of halogens is 2. The summed E-state index contributed by atoms with van der Waals surface area (Å²) in [5.41, 5.74) is 1.22. The van der Waals surface area contributed by atoms with Crippen LogP contribution in [0, 0.1) is 5.92 Å². The van der Waals surface area contributed by atoms with Gasteiger partial charge in [0.2, 0.25) is 5.91 Å². The zero-order valence-electron chi connectivity index (χ0n) is 12.2. The summed E-state index contributed by atoms with van der Waals surface area (Å²) < 4.78 is 1.11. The molecule has 0 bridgehead atoms. The Balaban J connectivity index is 1.67. The molecule has 2 fully saturated rings. The average molecular weight is 371 g/mol. The monoisotopic (exact) mass is 369 g/mol. The van der Waals surface area contributed by atoms with Crippen molar-refractivity contribution in [2.45, 2.75) is 51.0 Å². The highest BCUT2D eigenvalue weighted by Crippen LogP contribution is 2.35. The van der Waals surface area contributed by atoms with Crippen LogP contribution in [0.5, 0.6) is 0 Å². The maximum Gasteiger partial charge on any atom is 0.222 e. The molecule has 0 aromatic heterocycles. The highest BCUT2D eigenvalue weighted by Gasteiger charge is 2.32. The van der Waals surface area contributed by atoms with Gasteiger partial charge < -0.3 is 4.90 Å². The summed E-state index contributed by atoms with van der Waals surface area (Å²) >= 11 is 9.96. The third-order valence-electron chi connectivity index (χ3n) is 4.86. The van der Waals surface area contributed by atoms with E-state index in [-0.39, 0.29) is 0 Å². The van der Waals surface area contributed by atoms with Crippen LogP contribution in [0.3, 0.4) is 0 Å². The molecule has 2 nitrogen and oxygen atoms in total. The third-order valence-corrected chi connectivity index (χ3v) is 5.96. The van der Waals surface area contributed by atoms with Gasteiger partial charge in [-0.15, -0.1) is 0 Å². The fourth-order valence-corrected chi connectivity index (χ4v) is 4.70. The molecule has 2 aliphatic rings. The first-order valence-corrected chi connectivity index (χ1v) is 9.04. The Morgan fingerprint density at radius 1 is 1.29 bits per heavy atom. The smallest absolute Gasteiger partial charge is 0.222 e. The van der Waals surface area contributed by atoms with Crippen LogP contribution in [0.25, 0.3) is 0 Å². The summed E-state index contributed by atoms with van der Waals surface area (Å²) in [6.45, 7) is 0.964. The van der Waals surface area contributed by atoms with Crippen LogP contribution >= 0.6 is 27.5 Å². The lowest BCUT2D eigenvalue weighted by Crippen LogP contribution is -2.39. The normalized spacial score (nSPS) is 26.4. The number of hydrogen-bond donors (Lipinski definition) is 0. The number of carbonyl (C=O) groups is 1. The summed E-state index contributed by atoms with van der Waals surface area (Å²) in [5.74, 6) is 0.993. The molecule has 0 radical (unpaired) electrons. The second-order valence-electron chi connectivity index (χ2n) is 6.28. The maximum absolute atomic E-state index is 11.9. The molecule has 1 saturated heterocycles. The first-order chi connectivity index (χ1) is 10.1. The minimum Gasteiger partial charge on any atom is -0.340 e. The van der Waals surface area contributed by atoms with Crippen molar-refractivity contribution in [3.63, 3.8) is 0 Å². The Labute approximate surface area is 140 Å². The van der Waals surface area contributed by atoms with Crippen LogP contribution in [0.1, 0.15) is 44.1 Å². The molecule has 2 atom stereocenters. The molecule has 2 unspecified atom stereocenters. The second-order valence-corrected chi connectivity index (χ2v) is 7.54. The highest BCUT2D eigenvalue weighted by atomic mass is 79.9. The second kappa shape index (κ2) is 6.70. The highest BCUT2D eigenvalue weighted by molar-refractivity contribution is 9.10. The topological polar surface area (TPSA) is 20.3 Å². The summed E-state index contributed by atoms with van der Waals surface area (Å²) in [6.07, 6.45) is 7.57. The average Bonchev–Trinajstić information content (AvgIpc) is 2.90. The molecule has 1 aromatic carbocycles. The fourth-order valence-electron chi connectivity index (χ4n) is 3.80. The number of hydrogen-bond acceptors (Lipinski definition) is 1. The first-order valence-electron chi connectivity index (χ1n) is 7.87.